The summed E-state index contributed by atoms with van der Waals surface area (Å²) in [4.78, 5) is 15.5. The molecule has 2 rings (SSSR count). The fraction of sp³-hybridized carbons (Fsp3) is 0.100. The van der Waals surface area contributed by atoms with Crippen LogP contribution in [0.15, 0.2) is 34.3 Å². The molecule has 21 heavy (non-hydrogen) atoms. The van der Waals surface area contributed by atoms with E-state index in [1.165, 1.54) is 30.0 Å². The summed E-state index contributed by atoms with van der Waals surface area (Å²) in [6.07, 6.45) is 1.79. The normalized spacial score (nSPS) is 11.1. The summed E-state index contributed by atoms with van der Waals surface area (Å²) in [6.45, 7) is 0. The number of hydrogen-bond donors (Lipinski definition) is 2. The van der Waals surface area contributed by atoms with Crippen molar-refractivity contribution in [3.8, 4) is 0 Å². The van der Waals surface area contributed by atoms with Crippen LogP contribution < -0.4 is 10.0 Å². The maximum atomic E-state index is 12.0. The Kier molecular flexibility index (Phi) is 5.04. The summed E-state index contributed by atoms with van der Waals surface area (Å²) in [5.41, 5.74) is 0. The first kappa shape index (κ1) is 16.0. The molecule has 1 aromatic heterocycles. The van der Waals surface area contributed by atoms with Crippen molar-refractivity contribution in [2.75, 3.05) is 11.6 Å². The summed E-state index contributed by atoms with van der Waals surface area (Å²) in [6, 6.07) is 4.89. The highest BCUT2D eigenvalue weighted by molar-refractivity contribution is 7.98. The third kappa shape index (κ3) is 4.06. The lowest BCUT2D eigenvalue weighted by molar-refractivity contribution is 0.256. The van der Waals surface area contributed by atoms with Crippen molar-refractivity contribution in [3.05, 3.63) is 29.3 Å². The zero-order valence-corrected chi connectivity index (χ0v) is 13.7. The van der Waals surface area contributed by atoms with Crippen LogP contribution in [-0.2, 0) is 10.0 Å². The van der Waals surface area contributed by atoms with Crippen LogP contribution >= 0.6 is 34.9 Å². The van der Waals surface area contributed by atoms with Crippen LogP contribution in [0.3, 0.4) is 0 Å². The SMILES string of the molecule is CSc1nsc(NC(=O)NS(=O)(=O)c2ccccc2Cl)n1. The molecule has 112 valence electrons. The number of carbonyl (C=O) groups excluding carboxylic acids is 1. The molecule has 11 heteroatoms. The van der Waals surface area contributed by atoms with Crippen LogP contribution in [0.4, 0.5) is 9.93 Å². The quantitative estimate of drug-likeness (QED) is 0.808. The van der Waals surface area contributed by atoms with E-state index in [2.05, 4.69) is 14.7 Å². The first-order valence-electron chi connectivity index (χ1n) is 5.38. The van der Waals surface area contributed by atoms with Gasteiger partial charge in [0.1, 0.15) is 4.90 Å². The van der Waals surface area contributed by atoms with Crippen LogP contribution in [0.25, 0.3) is 0 Å². The number of sulfonamides is 1. The van der Waals surface area contributed by atoms with E-state index in [1.807, 2.05) is 4.72 Å². The summed E-state index contributed by atoms with van der Waals surface area (Å²) < 4.78 is 29.8. The lowest BCUT2D eigenvalue weighted by atomic mass is 10.4. The monoisotopic (exact) mass is 364 g/mol. The minimum absolute atomic E-state index is 0.0263. The highest BCUT2D eigenvalue weighted by atomic mass is 35.5. The fourth-order valence-corrected chi connectivity index (χ4v) is 3.86. The molecule has 0 saturated carbocycles. The van der Waals surface area contributed by atoms with Gasteiger partial charge in [-0.25, -0.2) is 17.9 Å². The third-order valence-corrected chi connectivity index (χ3v) is 5.29. The zero-order valence-electron chi connectivity index (χ0n) is 10.5. The number of hydrogen-bond acceptors (Lipinski definition) is 7. The van der Waals surface area contributed by atoms with Crippen molar-refractivity contribution in [2.24, 2.45) is 0 Å². The van der Waals surface area contributed by atoms with Gasteiger partial charge in [0.25, 0.3) is 10.0 Å². The molecule has 2 N–H and O–H groups in total. The molecule has 2 amide bonds. The van der Waals surface area contributed by atoms with E-state index in [4.69, 9.17) is 11.6 Å². The van der Waals surface area contributed by atoms with Crippen LogP contribution in [0.1, 0.15) is 0 Å². The number of carbonyl (C=O) groups is 1. The van der Waals surface area contributed by atoms with Crippen molar-refractivity contribution < 1.29 is 13.2 Å². The van der Waals surface area contributed by atoms with Crippen molar-refractivity contribution in [1.82, 2.24) is 14.1 Å². The highest BCUT2D eigenvalue weighted by Crippen LogP contribution is 2.21. The molecule has 0 atom stereocenters. The predicted molar refractivity (Wildman–Crippen MR) is 82.5 cm³/mol. The Labute approximate surface area is 134 Å². The Morgan fingerprint density at radius 2 is 2.10 bits per heavy atom. The number of anilines is 1. The van der Waals surface area contributed by atoms with E-state index < -0.39 is 16.1 Å². The molecule has 0 saturated heterocycles. The summed E-state index contributed by atoms with van der Waals surface area (Å²) in [7, 11) is -4.05. The van der Waals surface area contributed by atoms with Crippen LogP contribution in [0.2, 0.25) is 5.02 Å². The Hall–Kier alpha value is -1.36. The van der Waals surface area contributed by atoms with Gasteiger partial charge in [-0.05, 0) is 18.4 Å². The lowest BCUT2D eigenvalue weighted by Crippen LogP contribution is -2.34. The molecule has 0 radical (unpaired) electrons. The molecule has 0 aliphatic heterocycles. The Balaban J connectivity index is 2.10. The number of benzene rings is 1. The van der Waals surface area contributed by atoms with E-state index >= 15 is 0 Å². The van der Waals surface area contributed by atoms with Gasteiger partial charge in [-0.3, -0.25) is 5.32 Å². The first-order valence-corrected chi connectivity index (χ1v) is 9.24. The van der Waals surface area contributed by atoms with E-state index in [-0.39, 0.29) is 15.0 Å². The van der Waals surface area contributed by atoms with Gasteiger partial charge in [0.05, 0.1) is 5.02 Å². The Bertz CT molecular complexity index is 762. The van der Waals surface area contributed by atoms with Crippen molar-refractivity contribution in [3.63, 3.8) is 0 Å². The summed E-state index contributed by atoms with van der Waals surface area (Å²) >= 11 is 8.06. The molecule has 7 nitrogen and oxygen atoms in total. The number of aromatic nitrogens is 2. The topological polar surface area (TPSA) is 101 Å². The van der Waals surface area contributed by atoms with E-state index in [0.29, 0.717) is 5.16 Å². The average Bonchev–Trinajstić information content (AvgIpc) is 2.85. The molecule has 0 aliphatic carbocycles. The van der Waals surface area contributed by atoms with Gasteiger partial charge in [-0.15, -0.1) is 0 Å². The number of thioether (sulfide) groups is 1. The highest BCUT2D eigenvalue weighted by Gasteiger charge is 2.21. The van der Waals surface area contributed by atoms with Gasteiger partial charge in [-0.1, -0.05) is 35.5 Å². The minimum atomic E-state index is -4.05. The summed E-state index contributed by atoms with van der Waals surface area (Å²) in [5, 5.41) is 3.02. The van der Waals surface area contributed by atoms with Gasteiger partial charge >= 0.3 is 6.03 Å². The smallest absolute Gasteiger partial charge is 0.282 e. The maximum Gasteiger partial charge on any atom is 0.334 e. The van der Waals surface area contributed by atoms with Crippen molar-refractivity contribution in [1.29, 1.82) is 0 Å². The first-order chi connectivity index (χ1) is 9.92. The van der Waals surface area contributed by atoms with Crippen LogP contribution in [-0.4, -0.2) is 30.1 Å². The van der Waals surface area contributed by atoms with Crippen molar-refractivity contribution in [2.45, 2.75) is 10.1 Å². The van der Waals surface area contributed by atoms with E-state index in [1.54, 1.807) is 12.3 Å². The van der Waals surface area contributed by atoms with Crippen LogP contribution in [0.5, 0.6) is 0 Å². The molecule has 0 fully saturated rings. The second-order valence-corrected chi connectivity index (χ2v) is 7.16. The third-order valence-electron chi connectivity index (χ3n) is 2.16. The molecule has 0 aliphatic rings. The number of nitrogens with zero attached hydrogens (tertiary/aromatic N) is 2. The second kappa shape index (κ2) is 6.60. The van der Waals surface area contributed by atoms with Gasteiger partial charge in [0.2, 0.25) is 10.3 Å². The number of urea groups is 1. The fourth-order valence-electron chi connectivity index (χ4n) is 1.31. The van der Waals surface area contributed by atoms with Gasteiger partial charge < -0.3 is 0 Å². The lowest BCUT2D eigenvalue weighted by Gasteiger charge is -2.07. The molecule has 2 aromatic rings. The summed E-state index contributed by atoms with van der Waals surface area (Å²) in [5.74, 6) is 0. The zero-order chi connectivity index (χ0) is 15.5. The minimum Gasteiger partial charge on any atom is -0.282 e. The molecule has 1 aromatic carbocycles. The molecular weight excluding hydrogens is 356 g/mol. The average molecular weight is 365 g/mol. The predicted octanol–water partition coefficient (Wildman–Crippen LogP) is 2.42. The molecule has 1 heterocycles. The van der Waals surface area contributed by atoms with Crippen LogP contribution in [0, 0.1) is 0 Å². The Morgan fingerprint density at radius 3 is 2.71 bits per heavy atom. The standard InChI is InChI=1S/C10H9ClN4O3S3/c1-19-10-13-9(20-14-10)12-8(16)15-21(17,18)7-5-3-2-4-6(7)11/h2-5H,1H3,(H2,12,13,14,15,16). The maximum absolute atomic E-state index is 12.0. The largest absolute Gasteiger partial charge is 0.334 e. The number of nitrogens with one attached hydrogen (secondary N) is 2. The second-order valence-electron chi connectivity index (χ2n) is 3.58. The molecule has 0 bridgehead atoms. The Morgan fingerprint density at radius 1 is 1.38 bits per heavy atom. The number of amides is 2. The van der Waals surface area contributed by atoms with Gasteiger partial charge in [0.15, 0.2) is 0 Å². The molecule has 0 unspecified atom stereocenters. The van der Waals surface area contributed by atoms with Gasteiger partial charge in [-0.2, -0.15) is 9.36 Å². The number of halogens is 1. The van der Waals surface area contributed by atoms with E-state index in [0.717, 1.165) is 11.5 Å². The van der Waals surface area contributed by atoms with Crippen molar-refractivity contribution >= 4 is 56.1 Å². The van der Waals surface area contributed by atoms with Gasteiger partial charge in [0, 0.05) is 11.5 Å². The molecule has 0 spiro atoms. The van der Waals surface area contributed by atoms with E-state index in [9.17, 15) is 13.2 Å². The molecular formula is C10H9ClN4O3S3. The number of rotatable bonds is 4.